The fourth-order valence-electron chi connectivity index (χ4n) is 1.80. The molecule has 0 atom stereocenters. The third-order valence-electron chi connectivity index (χ3n) is 2.99. The van der Waals surface area contributed by atoms with E-state index in [2.05, 4.69) is 5.32 Å². The molecule has 2 nitrogen and oxygen atoms in total. The van der Waals surface area contributed by atoms with Crippen LogP contribution in [-0.2, 0) is 23.9 Å². The van der Waals surface area contributed by atoms with Gasteiger partial charge in [-0.05, 0) is 46.5 Å². The van der Waals surface area contributed by atoms with Crippen molar-refractivity contribution in [1.82, 2.24) is 5.32 Å². The summed E-state index contributed by atoms with van der Waals surface area (Å²) in [4.78, 5) is 11.7. The van der Waals surface area contributed by atoms with E-state index < -0.39 is 11.7 Å². The normalized spacial score (nSPS) is 11.4. The first-order chi connectivity index (χ1) is 9.95. The minimum atomic E-state index is -4.32. The van der Waals surface area contributed by atoms with Crippen molar-refractivity contribution in [1.29, 1.82) is 0 Å². The Morgan fingerprint density at radius 2 is 1.81 bits per heavy atom. The number of carbonyl (C=O) groups excluding carboxylic acids is 1. The van der Waals surface area contributed by atoms with Crippen LogP contribution in [0.25, 0.3) is 0 Å². The molecule has 0 fully saturated rings. The molecule has 112 valence electrons. The summed E-state index contributed by atoms with van der Waals surface area (Å²) in [7, 11) is 0. The van der Waals surface area contributed by atoms with Gasteiger partial charge in [-0.25, -0.2) is 0 Å². The van der Waals surface area contributed by atoms with E-state index >= 15 is 0 Å². The molecule has 2 aromatic rings. The predicted octanol–water partition coefficient (Wildman–Crippen LogP) is 4.02. The highest BCUT2D eigenvalue weighted by Gasteiger charge is 2.29. The summed E-state index contributed by atoms with van der Waals surface area (Å²) in [6.07, 6.45) is -3.64. The second-order valence-electron chi connectivity index (χ2n) is 4.60. The molecule has 0 bridgehead atoms. The Morgan fingerprint density at radius 1 is 1.10 bits per heavy atom. The van der Waals surface area contributed by atoms with Crippen LogP contribution in [0, 0.1) is 0 Å². The zero-order valence-corrected chi connectivity index (χ0v) is 11.9. The van der Waals surface area contributed by atoms with Gasteiger partial charge < -0.3 is 5.32 Å². The number of hydrogen-bond donors (Lipinski definition) is 1. The number of carbonyl (C=O) groups is 1. The minimum absolute atomic E-state index is 0.110. The van der Waals surface area contributed by atoms with Crippen molar-refractivity contribution < 1.29 is 18.0 Å². The number of alkyl halides is 3. The van der Waals surface area contributed by atoms with Crippen LogP contribution >= 0.6 is 11.3 Å². The van der Waals surface area contributed by atoms with E-state index in [1.165, 1.54) is 12.1 Å². The highest BCUT2D eigenvalue weighted by Crippen LogP contribution is 2.29. The molecule has 2 rings (SSSR count). The molecule has 1 N–H and O–H groups in total. The minimum Gasteiger partial charge on any atom is -0.352 e. The van der Waals surface area contributed by atoms with E-state index in [1.54, 1.807) is 11.3 Å². The van der Waals surface area contributed by atoms with Crippen molar-refractivity contribution in [2.75, 3.05) is 0 Å². The van der Waals surface area contributed by atoms with E-state index in [9.17, 15) is 18.0 Å². The molecule has 21 heavy (non-hydrogen) atoms. The molecule has 0 aliphatic heterocycles. The van der Waals surface area contributed by atoms with Gasteiger partial charge in [0.15, 0.2) is 0 Å². The van der Waals surface area contributed by atoms with Crippen molar-refractivity contribution in [2.24, 2.45) is 0 Å². The van der Waals surface area contributed by atoms with Crippen LogP contribution in [0.4, 0.5) is 13.2 Å². The first-order valence-corrected chi connectivity index (χ1v) is 7.33. The molecule has 0 spiro atoms. The van der Waals surface area contributed by atoms with Crippen LogP contribution in [0.5, 0.6) is 0 Å². The van der Waals surface area contributed by atoms with Gasteiger partial charge in [-0.2, -0.15) is 24.5 Å². The quantitative estimate of drug-likeness (QED) is 0.887. The number of aryl methyl sites for hydroxylation is 1. The largest absolute Gasteiger partial charge is 0.416 e. The lowest BCUT2D eigenvalue weighted by atomic mass is 10.1. The number of thiophene rings is 1. The molecule has 0 aliphatic carbocycles. The number of rotatable bonds is 5. The van der Waals surface area contributed by atoms with Gasteiger partial charge in [0.2, 0.25) is 5.91 Å². The third-order valence-corrected chi connectivity index (χ3v) is 3.72. The van der Waals surface area contributed by atoms with Gasteiger partial charge in [0.25, 0.3) is 0 Å². The van der Waals surface area contributed by atoms with E-state index in [-0.39, 0.29) is 12.3 Å². The summed E-state index contributed by atoms with van der Waals surface area (Å²) < 4.78 is 37.2. The number of nitrogens with one attached hydrogen (secondary N) is 1. The summed E-state index contributed by atoms with van der Waals surface area (Å²) in [6.45, 7) is 0.481. The molecule has 0 saturated heterocycles. The van der Waals surface area contributed by atoms with Crippen molar-refractivity contribution in [2.45, 2.75) is 25.6 Å². The molecule has 1 amide bonds. The van der Waals surface area contributed by atoms with Crippen LogP contribution in [0.1, 0.15) is 23.1 Å². The summed E-state index contributed by atoms with van der Waals surface area (Å²) in [5.74, 6) is -0.110. The van der Waals surface area contributed by atoms with E-state index in [0.29, 0.717) is 18.5 Å². The van der Waals surface area contributed by atoms with Gasteiger partial charge in [0, 0.05) is 13.0 Å². The molecular formula is C15H14F3NOS. The summed E-state index contributed by atoms with van der Waals surface area (Å²) in [6, 6.07) is 6.84. The zero-order valence-electron chi connectivity index (χ0n) is 11.1. The van der Waals surface area contributed by atoms with Gasteiger partial charge in [-0.15, -0.1) is 0 Å². The van der Waals surface area contributed by atoms with E-state index in [0.717, 1.165) is 17.7 Å². The van der Waals surface area contributed by atoms with Crippen LogP contribution in [0.3, 0.4) is 0 Å². The van der Waals surface area contributed by atoms with Crippen molar-refractivity contribution in [3.8, 4) is 0 Å². The van der Waals surface area contributed by atoms with Crippen LogP contribution < -0.4 is 5.32 Å². The van der Waals surface area contributed by atoms with E-state index in [1.807, 2.05) is 16.8 Å². The van der Waals surface area contributed by atoms with Crippen molar-refractivity contribution in [3.05, 3.63) is 57.8 Å². The summed E-state index contributed by atoms with van der Waals surface area (Å²) >= 11 is 1.56. The SMILES string of the molecule is O=C(CCc1ccc(C(F)(F)F)cc1)NCc1ccsc1. The first kappa shape index (κ1) is 15.6. The maximum absolute atomic E-state index is 12.4. The molecule has 1 aromatic carbocycles. The Hall–Kier alpha value is -1.82. The molecule has 0 aliphatic rings. The summed E-state index contributed by atoms with van der Waals surface area (Å²) in [5, 5.41) is 6.67. The average Bonchev–Trinajstić information content (AvgIpc) is 2.95. The Morgan fingerprint density at radius 3 is 2.38 bits per heavy atom. The average molecular weight is 313 g/mol. The topological polar surface area (TPSA) is 29.1 Å². The second-order valence-corrected chi connectivity index (χ2v) is 5.38. The van der Waals surface area contributed by atoms with E-state index in [4.69, 9.17) is 0 Å². The second kappa shape index (κ2) is 6.76. The van der Waals surface area contributed by atoms with Gasteiger partial charge >= 0.3 is 6.18 Å². The van der Waals surface area contributed by atoms with Gasteiger partial charge in [0.05, 0.1) is 5.56 Å². The smallest absolute Gasteiger partial charge is 0.352 e. The monoisotopic (exact) mass is 313 g/mol. The standard InChI is InChI=1S/C15H14F3NOS/c16-15(17,18)13-4-1-11(2-5-13)3-6-14(20)19-9-12-7-8-21-10-12/h1-2,4-5,7-8,10H,3,6,9H2,(H,19,20). The van der Waals surface area contributed by atoms with Crippen LogP contribution in [0.2, 0.25) is 0 Å². The third kappa shape index (κ3) is 4.90. The van der Waals surface area contributed by atoms with Crippen LogP contribution in [-0.4, -0.2) is 5.91 Å². The van der Waals surface area contributed by atoms with Crippen molar-refractivity contribution >= 4 is 17.2 Å². The molecule has 0 saturated carbocycles. The predicted molar refractivity (Wildman–Crippen MR) is 75.9 cm³/mol. The maximum Gasteiger partial charge on any atom is 0.416 e. The van der Waals surface area contributed by atoms with Crippen LogP contribution in [0.15, 0.2) is 41.1 Å². The Bertz CT molecular complexity index is 576. The Balaban J connectivity index is 1.78. The van der Waals surface area contributed by atoms with Crippen molar-refractivity contribution in [3.63, 3.8) is 0 Å². The molecule has 1 heterocycles. The number of hydrogen-bond acceptors (Lipinski definition) is 2. The number of benzene rings is 1. The molecular weight excluding hydrogens is 299 g/mol. The lowest BCUT2D eigenvalue weighted by Gasteiger charge is -2.08. The molecule has 0 radical (unpaired) electrons. The maximum atomic E-state index is 12.4. The van der Waals surface area contributed by atoms with Gasteiger partial charge in [-0.3, -0.25) is 4.79 Å². The fraction of sp³-hybridized carbons (Fsp3) is 0.267. The lowest BCUT2D eigenvalue weighted by Crippen LogP contribution is -2.22. The van der Waals surface area contributed by atoms with Gasteiger partial charge in [0.1, 0.15) is 0 Å². The lowest BCUT2D eigenvalue weighted by molar-refractivity contribution is -0.137. The zero-order chi connectivity index (χ0) is 15.3. The highest BCUT2D eigenvalue weighted by molar-refractivity contribution is 7.07. The summed E-state index contributed by atoms with van der Waals surface area (Å²) in [5.41, 5.74) is 1.09. The molecule has 6 heteroatoms. The number of halogens is 3. The Kier molecular flexibility index (Phi) is 5.01. The molecule has 1 aromatic heterocycles. The van der Waals surface area contributed by atoms with Gasteiger partial charge in [-0.1, -0.05) is 12.1 Å². The highest BCUT2D eigenvalue weighted by atomic mass is 32.1. The number of amides is 1. The first-order valence-electron chi connectivity index (χ1n) is 6.39. The fourth-order valence-corrected chi connectivity index (χ4v) is 2.47. The Labute approximate surface area is 124 Å². The molecule has 0 unspecified atom stereocenters.